The molecule has 0 bridgehead atoms. The van der Waals surface area contributed by atoms with Crippen molar-refractivity contribution in [2.75, 3.05) is 40.3 Å². The number of hydrogen-bond donors (Lipinski definition) is 0. The molecule has 1 rings (SSSR count). The normalized spacial score (nSPS) is 19.3. The molecule has 0 aromatic carbocycles. The minimum atomic E-state index is -0.541. The number of alkyl halides is 1. The van der Waals surface area contributed by atoms with Crippen LogP contribution in [0.4, 0.5) is 4.39 Å². The Balaban J connectivity index is 0.000000791. The third-order valence-electron chi connectivity index (χ3n) is 2.38. The molecular formula is C11H25FN2. The lowest BCUT2D eigenvalue weighted by Gasteiger charge is -2.29. The summed E-state index contributed by atoms with van der Waals surface area (Å²) < 4.78 is 12.7. The van der Waals surface area contributed by atoms with E-state index in [9.17, 15) is 4.39 Å². The average Bonchev–Trinajstić information content (AvgIpc) is 2.20. The van der Waals surface area contributed by atoms with Gasteiger partial charge in [0.1, 0.15) is 6.17 Å². The van der Waals surface area contributed by atoms with Crippen molar-refractivity contribution in [2.24, 2.45) is 0 Å². The van der Waals surface area contributed by atoms with Crippen molar-refractivity contribution in [3.8, 4) is 0 Å². The monoisotopic (exact) mass is 204 g/mol. The zero-order valence-corrected chi connectivity index (χ0v) is 10.1. The van der Waals surface area contributed by atoms with Gasteiger partial charge >= 0.3 is 0 Å². The molecule has 2 nitrogen and oxygen atoms in total. The molecule has 3 heteroatoms. The van der Waals surface area contributed by atoms with Gasteiger partial charge in [-0.2, -0.15) is 0 Å². The van der Waals surface area contributed by atoms with Crippen LogP contribution in [0.5, 0.6) is 0 Å². The molecule has 0 N–H and O–H groups in total. The highest BCUT2D eigenvalue weighted by Crippen LogP contribution is 2.12. The standard InChI is InChI=1S/C9H19FN2.C2H6/c1-11(2)7-8-12-5-3-9(10)4-6-12;1-2/h9H,3-8H2,1-2H3;1-2H3. The molecule has 1 fully saturated rings. The Morgan fingerprint density at radius 3 is 2.14 bits per heavy atom. The van der Waals surface area contributed by atoms with Gasteiger partial charge in [-0.1, -0.05) is 13.8 Å². The van der Waals surface area contributed by atoms with Gasteiger partial charge in [-0.05, 0) is 26.9 Å². The van der Waals surface area contributed by atoms with Crippen LogP contribution in [0.3, 0.4) is 0 Å². The van der Waals surface area contributed by atoms with Gasteiger partial charge in [0, 0.05) is 26.2 Å². The topological polar surface area (TPSA) is 6.48 Å². The Morgan fingerprint density at radius 1 is 1.21 bits per heavy atom. The number of likely N-dealkylation sites (N-methyl/N-ethyl adjacent to an activating group) is 1. The summed E-state index contributed by atoms with van der Waals surface area (Å²) in [5.41, 5.74) is 0. The second-order valence-electron chi connectivity index (χ2n) is 3.82. The molecule has 14 heavy (non-hydrogen) atoms. The lowest BCUT2D eigenvalue weighted by Crippen LogP contribution is -2.38. The molecule has 1 aliphatic rings. The number of nitrogens with zero attached hydrogens (tertiary/aromatic N) is 2. The third kappa shape index (κ3) is 6.33. The van der Waals surface area contributed by atoms with Crippen molar-refractivity contribution in [1.29, 1.82) is 0 Å². The van der Waals surface area contributed by atoms with Crippen LogP contribution in [-0.2, 0) is 0 Å². The molecular weight excluding hydrogens is 179 g/mol. The summed E-state index contributed by atoms with van der Waals surface area (Å²) in [6.07, 6.45) is 0.918. The molecule has 0 saturated carbocycles. The number of hydrogen-bond acceptors (Lipinski definition) is 2. The minimum absolute atomic E-state index is 0.541. The number of rotatable bonds is 3. The summed E-state index contributed by atoms with van der Waals surface area (Å²) in [6, 6.07) is 0. The summed E-state index contributed by atoms with van der Waals surface area (Å²) in [7, 11) is 4.14. The molecule has 0 radical (unpaired) electrons. The third-order valence-corrected chi connectivity index (χ3v) is 2.38. The van der Waals surface area contributed by atoms with Crippen LogP contribution in [0.1, 0.15) is 26.7 Å². The van der Waals surface area contributed by atoms with E-state index in [0.717, 1.165) is 39.0 Å². The van der Waals surface area contributed by atoms with Crippen LogP contribution in [0.15, 0.2) is 0 Å². The Kier molecular flexibility index (Phi) is 8.09. The van der Waals surface area contributed by atoms with E-state index in [4.69, 9.17) is 0 Å². The predicted octanol–water partition coefficient (Wildman–Crippen LogP) is 2.01. The molecule has 0 unspecified atom stereocenters. The first-order valence-corrected chi connectivity index (χ1v) is 5.69. The minimum Gasteiger partial charge on any atom is -0.308 e. The maximum atomic E-state index is 12.7. The van der Waals surface area contributed by atoms with E-state index in [-0.39, 0.29) is 0 Å². The van der Waals surface area contributed by atoms with Gasteiger partial charge in [0.25, 0.3) is 0 Å². The number of piperidine rings is 1. The Hall–Kier alpha value is -0.150. The molecule has 0 amide bonds. The highest BCUT2D eigenvalue weighted by atomic mass is 19.1. The van der Waals surface area contributed by atoms with Gasteiger partial charge in [0.05, 0.1) is 0 Å². The van der Waals surface area contributed by atoms with Gasteiger partial charge in [-0.25, -0.2) is 4.39 Å². The van der Waals surface area contributed by atoms with Gasteiger partial charge in [0.15, 0.2) is 0 Å². The number of halogens is 1. The van der Waals surface area contributed by atoms with E-state index in [2.05, 4.69) is 23.9 Å². The SMILES string of the molecule is CC.CN(C)CCN1CCC(F)CC1. The van der Waals surface area contributed by atoms with Gasteiger partial charge < -0.3 is 9.80 Å². The highest BCUT2D eigenvalue weighted by Gasteiger charge is 2.17. The fourth-order valence-corrected chi connectivity index (χ4v) is 1.47. The maximum absolute atomic E-state index is 12.7. The zero-order chi connectivity index (χ0) is 11.0. The van der Waals surface area contributed by atoms with E-state index < -0.39 is 6.17 Å². The van der Waals surface area contributed by atoms with Crippen molar-refractivity contribution in [1.82, 2.24) is 9.80 Å². The lowest BCUT2D eigenvalue weighted by atomic mass is 10.1. The van der Waals surface area contributed by atoms with Crippen LogP contribution < -0.4 is 0 Å². The van der Waals surface area contributed by atoms with Crippen molar-refractivity contribution in [3.63, 3.8) is 0 Å². The zero-order valence-electron chi connectivity index (χ0n) is 10.1. The van der Waals surface area contributed by atoms with Crippen LogP contribution >= 0.6 is 0 Å². The van der Waals surface area contributed by atoms with Crippen molar-refractivity contribution in [3.05, 3.63) is 0 Å². The Labute approximate surface area is 88.1 Å². The molecule has 0 aromatic rings. The second-order valence-corrected chi connectivity index (χ2v) is 3.82. The molecule has 0 aromatic heterocycles. The number of likely N-dealkylation sites (tertiary alicyclic amines) is 1. The quantitative estimate of drug-likeness (QED) is 0.694. The summed E-state index contributed by atoms with van der Waals surface area (Å²) in [6.45, 7) is 8.04. The maximum Gasteiger partial charge on any atom is 0.103 e. The second kappa shape index (κ2) is 8.18. The summed E-state index contributed by atoms with van der Waals surface area (Å²) in [5, 5.41) is 0. The van der Waals surface area contributed by atoms with Crippen LogP contribution in [0, 0.1) is 0 Å². The van der Waals surface area contributed by atoms with Crippen molar-refractivity contribution in [2.45, 2.75) is 32.9 Å². The van der Waals surface area contributed by atoms with Gasteiger partial charge in [-0.3, -0.25) is 0 Å². The first-order chi connectivity index (χ1) is 6.68. The molecule has 0 aliphatic carbocycles. The van der Waals surface area contributed by atoms with Crippen LogP contribution in [-0.4, -0.2) is 56.2 Å². The summed E-state index contributed by atoms with van der Waals surface area (Å²) in [5.74, 6) is 0. The molecule has 0 spiro atoms. The Bertz CT molecular complexity index is 120. The predicted molar refractivity (Wildman–Crippen MR) is 60.5 cm³/mol. The summed E-state index contributed by atoms with van der Waals surface area (Å²) in [4.78, 5) is 4.51. The molecule has 1 heterocycles. The largest absolute Gasteiger partial charge is 0.308 e. The van der Waals surface area contributed by atoms with E-state index in [1.54, 1.807) is 0 Å². The Morgan fingerprint density at radius 2 is 1.71 bits per heavy atom. The smallest absolute Gasteiger partial charge is 0.103 e. The average molecular weight is 204 g/mol. The first-order valence-electron chi connectivity index (χ1n) is 5.69. The van der Waals surface area contributed by atoms with Gasteiger partial charge in [0.2, 0.25) is 0 Å². The first kappa shape index (κ1) is 13.8. The van der Waals surface area contributed by atoms with E-state index in [1.165, 1.54) is 0 Å². The highest BCUT2D eigenvalue weighted by molar-refractivity contribution is 4.71. The van der Waals surface area contributed by atoms with E-state index in [1.807, 2.05) is 13.8 Å². The van der Waals surface area contributed by atoms with Gasteiger partial charge in [-0.15, -0.1) is 0 Å². The summed E-state index contributed by atoms with van der Waals surface area (Å²) >= 11 is 0. The van der Waals surface area contributed by atoms with E-state index >= 15 is 0 Å². The van der Waals surface area contributed by atoms with Crippen molar-refractivity contribution >= 4 is 0 Å². The molecule has 86 valence electrons. The lowest BCUT2D eigenvalue weighted by molar-refractivity contribution is 0.142. The van der Waals surface area contributed by atoms with Crippen LogP contribution in [0.2, 0.25) is 0 Å². The molecule has 1 aliphatic heterocycles. The van der Waals surface area contributed by atoms with E-state index in [0.29, 0.717) is 0 Å². The fraction of sp³-hybridized carbons (Fsp3) is 1.00. The molecule has 0 atom stereocenters. The van der Waals surface area contributed by atoms with Crippen molar-refractivity contribution < 1.29 is 4.39 Å². The van der Waals surface area contributed by atoms with Crippen LogP contribution in [0.25, 0.3) is 0 Å². The fourth-order valence-electron chi connectivity index (χ4n) is 1.47. The molecule has 1 saturated heterocycles.